The van der Waals surface area contributed by atoms with Crippen molar-refractivity contribution >= 4 is 94.3 Å². The highest BCUT2D eigenvalue weighted by atomic mass is 32.2. The summed E-state index contributed by atoms with van der Waals surface area (Å²) in [5.74, 6) is 3.50. The lowest BCUT2D eigenvalue weighted by atomic mass is 10.7. The number of aliphatic hydroxyl groups is 2. The fraction of sp³-hybridized carbons (Fsp3) is 0.889. The van der Waals surface area contributed by atoms with Crippen LogP contribution in [-0.2, 0) is 38.6 Å². The van der Waals surface area contributed by atoms with E-state index in [-0.39, 0.29) is 35.3 Å². The standard InChI is InChI=1S/C18H34O10S7/c19-11-32-15-34-13-24-18(22)10-31-7-3-26-25-2-6-29-5-1-23-17(21)9-30-8-4-27-28-14-35-16-33-12-20/h19-20H,1-16H2. The number of rotatable bonds is 28. The smallest absolute Gasteiger partial charge is 0.316 e. The lowest BCUT2D eigenvalue weighted by Crippen LogP contribution is -2.11. The molecule has 0 aliphatic rings. The topological polar surface area (TPSA) is 130 Å². The number of ether oxygens (including phenoxy) is 2. The molecular formula is C18H34O10S7. The van der Waals surface area contributed by atoms with Gasteiger partial charge in [-0.1, -0.05) is 0 Å². The summed E-state index contributed by atoms with van der Waals surface area (Å²) in [6.45, 7) is 1.53. The van der Waals surface area contributed by atoms with Gasteiger partial charge in [-0.3, -0.25) is 9.59 Å². The predicted octanol–water partition coefficient (Wildman–Crippen LogP) is 2.83. The van der Waals surface area contributed by atoms with Crippen molar-refractivity contribution in [1.82, 2.24) is 0 Å². The van der Waals surface area contributed by atoms with E-state index in [0.29, 0.717) is 66.4 Å². The van der Waals surface area contributed by atoms with Crippen LogP contribution < -0.4 is 0 Å². The molecule has 0 amide bonds. The molecule has 0 aromatic carbocycles. The van der Waals surface area contributed by atoms with Crippen molar-refractivity contribution in [1.29, 1.82) is 0 Å². The first-order valence-electron chi connectivity index (χ1n) is 10.3. The molecule has 0 aromatic heterocycles. The Morgan fingerprint density at radius 3 is 1.60 bits per heavy atom. The molecule has 0 unspecified atom stereocenters. The Morgan fingerprint density at radius 2 is 1.00 bits per heavy atom. The first-order valence-corrected chi connectivity index (χ1v) is 18.3. The summed E-state index contributed by atoms with van der Waals surface area (Å²) < 4.78 is 10.2. The number of hydrogen-bond donors (Lipinski definition) is 2. The van der Waals surface area contributed by atoms with Gasteiger partial charge in [0.2, 0.25) is 0 Å². The first kappa shape index (κ1) is 36.1. The summed E-state index contributed by atoms with van der Waals surface area (Å²) in [5.41, 5.74) is 0. The maximum absolute atomic E-state index is 11.6. The van der Waals surface area contributed by atoms with Gasteiger partial charge in [0.1, 0.15) is 18.5 Å². The Labute approximate surface area is 236 Å². The van der Waals surface area contributed by atoms with Gasteiger partial charge in [-0.15, -0.1) is 70.6 Å². The average Bonchev–Trinajstić information content (AvgIpc) is 2.85. The van der Waals surface area contributed by atoms with Crippen LogP contribution in [0.25, 0.3) is 0 Å². The molecule has 0 heterocycles. The molecule has 0 saturated heterocycles. The van der Waals surface area contributed by atoms with Gasteiger partial charge in [0, 0.05) is 33.2 Å². The predicted molar refractivity (Wildman–Crippen MR) is 152 cm³/mol. The van der Waals surface area contributed by atoms with Crippen molar-refractivity contribution in [2.24, 2.45) is 0 Å². The SMILES string of the molecule is O=C(CSCCOOCSCSCO)OCCSCCOOCCSCC(=O)OCSCSCO. The van der Waals surface area contributed by atoms with Gasteiger partial charge in [0.15, 0.2) is 0 Å². The molecule has 10 nitrogen and oxygen atoms in total. The van der Waals surface area contributed by atoms with Gasteiger partial charge in [0.25, 0.3) is 0 Å². The minimum atomic E-state index is -0.271. The van der Waals surface area contributed by atoms with E-state index in [2.05, 4.69) is 0 Å². The molecule has 0 saturated carbocycles. The van der Waals surface area contributed by atoms with Crippen LogP contribution >= 0.6 is 82.3 Å². The summed E-state index contributed by atoms with van der Waals surface area (Å²) in [4.78, 5) is 43.2. The van der Waals surface area contributed by atoms with E-state index in [9.17, 15) is 9.59 Å². The lowest BCUT2D eigenvalue weighted by Gasteiger charge is -2.06. The summed E-state index contributed by atoms with van der Waals surface area (Å²) in [6.07, 6.45) is 0. The number of carbonyl (C=O) groups excluding carboxylic acids is 2. The molecule has 0 fully saturated rings. The lowest BCUT2D eigenvalue weighted by molar-refractivity contribution is -0.285. The minimum absolute atomic E-state index is 0.0643. The molecule has 0 aliphatic carbocycles. The zero-order chi connectivity index (χ0) is 25.7. The van der Waals surface area contributed by atoms with Crippen LogP contribution in [-0.4, -0.2) is 117 Å². The highest BCUT2D eigenvalue weighted by molar-refractivity contribution is 8.16. The highest BCUT2D eigenvalue weighted by Crippen LogP contribution is 2.12. The largest absolute Gasteiger partial charge is 0.464 e. The molecule has 0 aromatic rings. The van der Waals surface area contributed by atoms with E-state index in [0.717, 1.165) is 5.08 Å². The molecule has 35 heavy (non-hydrogen) atoms. The van der Waals surface area contributed by atoms with Crippen molar-refractivity contribution < 1.29 is 48.8 Å². The van der Waals surface area contributed by atoms with Gasteiger partial charge >= 0.3 is 11.9 Å². The Hall–Kier alpha value is 1.15. The van der Waals surface area contributed by atoms with Gasteiger partial charge in [-0.05, 0) is 0 Å². The first-order chi connectivity index (χ1) is 17.2. The molecule has 0 radical (unpaired) electrons. The zero-order valence-electron chi connectivity index (χ0n) is 19.3. The maximum Gasteiger partial charge on any atom is 0.316 e. The average molecular weight is 635 g/mol. The van der Waals surface area contributed by atoms with Crippen LogP contribution in [0.1, 0.15) is 0 Å². The third-order valence-corrected chi connectivity index (χ3v) is 9.26. The fourth-order valence-electron chi connectivity index (χ4n) is 1.60. The van der Waals surface area contributed by atoms with E-state index in [1.807, 2.05) is 0 Å². The van der Waals surface area contributed by atoms with E-state index in [4.69, 9.17) is 39.2 Å². The molecule has 208 valence electrons. The van der Waals surface area contributed by atoms with Gasteiger partial charge < -0.3 is 19.7 Å². The Balaban J connectivity index is 3.21. The third-order valence-electron chi connectivity index (χ3n) is 2.98. The Kier molecular flexibility index (Phi) is 32.4. The number of hydrogen-bond acceptors (Lipinski definition) is 17. The number of thioether (sulfide) groups is 7. The van der Waals surface area contributed by atoms with E-state index in [1.54, 1.807) is 11.8 Å². The molecule has 0 bridgehead atoms. The summed E-state index contributed by atoms with van der Waals surface area (Å²) in [5, 5.41) is 18.7. The third kappa shape index (κ3) is 31.3. The van der Waals surface area contributed by atoms with Crippen LogP contribution in [0.5, 0.6) is 0 Å². The Bertz CT molecular complexity index is 483. The molecule has 17 heteroatoms. The number of esters is 2. The van der Waals surface area contributed by atoms with Crippen LogP contribution in [0.3, 0.4) is 0 Å². The second kappa shape index (κ2) is 31.4. The second-order valence-corrected chi connectivity index (χ2v) is 13.5. The van der Waals surface area contributed by atoms with Crippen LogP contribution in [0, 0.1) is 0 Å². The number of aliphatic hydroxyl groups excluding tert-OH is 2. The summed E-state index contributed by atoms with van der Waals surface area (Å²) in [6, 6.07) is 0. The maximum atomic E-state index is 11.6. The molecule has 0 aliphatic heterocycles. The highest BCUT2D eigenvalue weighted by Gasteiger charge is 2.04. The normalized spacial score (nSPS) is 11.0. The van der Waals surface area contributed by atoms with Crippen molar-refractivity contribution in [2.45, 2.75) is 0 Å². The van der Waals surface area contributed by atoms with Crippen LogP contribution in [0.4, 0.5) is 0 Å². The Morgan fingerprint density at radius 1 is 0.514 bits per heavy atom. The molecular weight excluding hydrogens is 601 g/mol. The molecule has 0 rings (SSSR count). The summed E-state index contributed by atoms with van der Waals surface area (Å²) >= 11 is 10.1. The van der Waals surface area contributed by atoms with E-state index < -0.39 is 0 Å². The molecule has 2 N–H and O–H groups in total. The summed E-state index contributed by atoms with van der Waals surface area (Å²) in [7, 11) is 0. The fourth-order valence-corrected chi connectivity index (χ4v) is 5.79. The van der Waals surface area contributed by atoms with Crippen LogP contribution in [0.2, 0.25) is 0 Å². The number of carbonyl (C=O) groups is 2. The van der Waals surface area contributed by atoms with Crippen LogP contribution in [0.15, 0.2) is 0 Å². The zero-order valence-corrected chi connectivity index (χ0v) is 25.0. The van der Waals surface area contributed by atoms with Gasteiger partial charge in [-0.2, -0.15) is 11.8 Å². The second-order valence-electron chi connectivity index (χ2n) is 5.58. The van der Waals surface area contributed by atoms with Crippen molar-refractivity contribution in [3.8, 4) is 0 Å². The minimum Gasteiger partial charge on any atom is -0.464 e. The quantitative estimate of drug-likeness (QED) is 0.0430. The van der Waals surface area contributed by atoms with Crippen molar-refractivity contribution in [3.05, 3.63) is 0 Å². The van der Waals surface area contributed by atoms with Gasteiger partial charge in [-0.25, -0.2) is 19.6 Å². The van der Waals surface area contributed by atoms with Gasteiger partial charge in [0.05, 0.1) is 43.2 Å². The van der Waals surface area contributed by atoms with Crippen molar-refractivity contribution in [3.63, 3.8) is 0 Å². The molecule has 0 spiro atoms. The van der Waals surface area contributed by atoms with E-state index in [1.165, 1.54) is 70.6 Å². The monoisotopic (exact) mass is 634 g/mol. The van der Waals surface area contributed by atoms with Crippen molar-refractivity contribution in [2.75, 3.05) is 94.9 Å². The molecule has 0 atom stereocenters. The van der Waals surface area contributed by atoms with E-state index >= 15 is 0 Å².